The lowest BCUT2D eigenvalue weighted by Gasteiger charge is -2.04. The standard InChI is InChI=1S/C13H12BrF2NS/c14-12-2-4-18-13(12)8-17-3-1-9-5-10(15)7-11(16)6-9/h2,4-7,17H,1,3,8H2. The summed E-state index contributed by atoms with van der Waals surface area (Å²) in [5, 5.41) is 5.27. The Morgan fingerprint density at radius 1 is 1.17 bits per heavy atom. The summed E-state index contributed by atoms with van der Waals surface area (Å²) in [6, 6.07) is 5.63. The summed E-state index contributed by atoms with van der Waals surface area (Å²) >= 11 is 5.12. The molecule has 1 heterocycles. The Morgan fingerprint density at radius 2 is 1.89 bits per heavy atom. The van der Waals surface area contributed by atoms with Gasteiger partial charge >= 0.3 is 0 Å². The fourth-order valence-corrected chi connectivity index (χ4v) is 3.10. The van der Waals surface area contributed by atoms with Crippen molar-refractivity contribution in [2.24, 2.45) is 0 Å². The summed E-state index contributed by atoms with van der Waals surface area (Å²) in [6.07, 6.45) is 0.609. The molecule has 2 aromatic rings. The summed E-state index contributed by atoms with van der Waals surface area (Å²) in [4.78, 5) is 1.22. The first kappa shape index (κ1) is 13.6. The van der Waals surface area contributed by atoms with Gasteiger partial charge in [0.15, 0.2) is 0 Å². The van der Waals surface area contributed by atoms with Crippen LogP contribution in [-0.2, 0) is 13.0 Å². The van der Waals surface area contributed by atoms with E-state index in [4.69, 9.17) is 0 Å². The highest BCUT2D eigenvalue weighted by Crippen LogP contribution is 2.22. The third-order valence-corrected chi connectivity index (χ3v) is 4.42. The first-order chi connectivity index (χ1) is 8.65. The molecule has 0 atom stereocenters. The van der Waals surface area contributed by atoms with Crippen LogP contribution in [0.2, 0.25) is 0 Å². The molecule has 2 rings (SSSR count). The summed E-state index contributed by atoms with van der Waals surface area (Å²) < 4.78 is 27.0. The van der Waals surface area contributed by atoms with Gasteiger partial charge in [0, 0.05) is 22.0 Å². The van der Waals surface area contributed by atoms with E-state index in [9.17, 15) is 8.78 Å². The third kappa shape index (κ3) is 3.86. The second-order valence-electron chi connectivity index (χ2n) is 3.90. The Labute approximate surface area is 117 Å². The number of thiophene rings is 1. The molecule has 0 saturated heterocycles. The minimum absolute atomic E-state index is 0.522. The molecule has 1 nitrogen and oxygen atoms in total. The Morgan fingerprint density at radius 3 is 2.50 bits per heavy atom. The van der Waals surface area contributed by atoms with E-state index in [1.807, 2.05) is 11.4 Å². The van der Waals surface area contributed by atoms with E-state index in [1.165, 1.54) is 17.0 Å². The highest BCUT2D eigenvalue weighted by atomic mass is 79.9. The van der Waals surface area contributed by atoms with Crippen LogP contribution in [0.15, 0.2) is 34.1 Å². The topological polar surface area (TPSA) is 12.0 Å². The van der Waals surface area contributed by atoms with Gasteiger partial charge in [0.2, 0.25) is 0 Å². The number of rotatable bonds is 5. The van der Waals surface area contributed by atoms with Crippen molar-refractivity contribution in [3.8, 4) is 0 Å². The predicted octanol–water partition coefficient (Wildman–Crippen LogP) is 4.12. The van der Waals surface area contributed by atoms with E-state index in [2.05, 4.69) is 21.2 Å². The molecule has 0 aliphatic rings. The molecule has 96 valence electrons. The van der Waals surface area contributed by atoms with Crippen molar-refractivity contribution in [2.45, 2.75) is 13.0 Å². The molecule has 1 N–H and O–H groups in total. The van der Waals surface area contributed by atoms with Crippen LogP contribution >= 0.6 is 27.3 Å². The number of nitrogens with one attached hydrogen (secondary N) is 1. The minimum atomic E-state index is -0.522. The summed E-state index contributed by atoms with van der Waals surface area (Å²) in [5.41, 5.74) is 0.672. The van der Waals surface area contributed by atoms with Crippen molar-refractivity contribution < 1.29 is 8.78 Å². The van der Waals surface area contributed by atoms with E-state index in [0.717, 1.165) is 17.1 Å². The molecule has 5 heteroatoms. The van der Waals surface area contributed by atoms with Gasteiger partial charge in [-0.25, -0.2) is 8.78 Å². The Kier molecular flexibility index (Phi) is 4.86. The van der Waals surface area contributed by atoms with Gasteiger partial charge in [0.25, 0.3) is 0 Å². The van der Waals surface area contributed by atoms with Gasteiger partial charge in [-0.05, 0) is 58.0 Å². The van der Waals surface area contributed by atoms with Gasteiger partial charge in [-0.15, -0.1) is 11.3 Å². The van der Waals surface area contributed by atoms with Gasteiger partial charge in [0.1, 0.15) is 11.6 Å². The van der Waals surface area contributed by atoms with Crippen LogP contribution < -0.4 is 5.32 Å². The molecule has 0 aliphatic heterocycles. The molecule has 1 aromatic carbocycles. The van der Waals surface area contributed by atoms with Crippen molar-refractivity contribution in [2.75, 3.05) is 6.54 Å². The second kappa shape index (κ2) is 6.41. The van der Waals surface area contributed by atoms with Crippen molar-refractivity contribution in [3.63, 3.8) is 0 Å². The Bertz CT molecular complexity index is 507. The monoisotopic (exact) mass is 331 g/mol. The van der Waals surface area contributed by atoms with Crippen LogP contribution in [0.3, 0.4) is 0 Å². The quantitative estimate of drug-likeness (QED) is 0.812. The van der Waals surface area contributed by atoms with Crippen LogP contribution in [0, 0.1) is 11.6 Å². The molecule has 0 aliphatic carbocycles. The molecular formula is C13H12BrF2NS. The number of hydrogen-bond acceptors (Lipinski definition) is 2. The van der Waals surface area contributed by atoms with Gasteiger partial charge < -0.3 is 5.32 Å². The predicted molar refractivity (Wildman–Crippen MR) is 73.8 cm³/mol. The maximum absolute atomic E-state index is 12.9. The molecule has 0 saturated carbocycles. The molecular weight excluding hydrogens is 320 g/mol. The van der Waals surface area contributed by atoms with Crippen LogP contribution in [0.4, 0.5) is 8.78 Å². The van der Waals surface area contributed by atoms with E-state index in [-0.39, 0.29) is 0 Å². The lowest BCUT2D eigenvalue weighted by Crippen LogP contribution is -2.16. The zero-order chi connectivity index (χ0) is 13.0. The normalized spacial score (nSPS) is 10.8. The lowest BCUT2D eigenvalue weighted by molar-refractivity contribution is 0.577. The second-order valence-corrected chi connectivity index (χ2v) is 5.75. The van der Waals surface area contributed by atoms with E-state index in [1.54, 1.807) is 11.3 Å². The smallest absolute Gasteiger partial charge is 0.126 e. The summed E-state index contributed by atoms with van der Waals surface area (Å²) in [5.74, 6) is -1.04. The summed E-state index contributed by atoms with van der Waals surface area (Å²) in [7, 11) is 0. The maximum Gasteiger partial charge on any atom is 0.126 e. The van der Waals surface area contributed by atoms with Crippen molar-refractivity contribution in [1.82, 2.24) is 5.32 Å². The number of hydrogen-bond donors (Lipinski definition) is 1. The van der Waals surface area contributed by atoms with E-state index in [0.29, 0.717) is 18.5 Å². The fraction of sp³-hybridized carbons (Fsp3) is 0.231. The van der Waals surface area contributed by atoms with Gasteiger partial charge in [-0.3, -0.25) is 0 Å². The maximum atomic E-state index is 12.9. The van der Waals surface area contributed by atoms with Crippen molar-refractivity contribution in [3.05, 3.63) is 56.2 Å². The molecule has 0 unspecified atom stereocenters. The first-order valence-corrected chi connectivity index (χ1v) is 7.20. The molecule has 0 spiro atoms. The summed E-state index contributed by atoms with van der Waals surface area (Å²) in [6.45, 7) is 1.45. The van der Waals surface area contributed by atoms with Gasteiger partial charge in [-0.2, -0.15) is 0 Å². The molecule has 0 fully saturated rings. The zero-order valence-corrected chi connectivity index (χ0v) is 12.0. The van der Waals surface area contributed by atoms with E-state index < -0.39 is 11.6 Å². The minimum Gasteiger partial charge on any atom is -0.311 e. The molecule has 18 heavy (non-hydrogen) atoms. The fourth-order valence-electron chi connectivity index (χ4n) is 1.64. The van der Waals surface area contributed by atoms with Crippen LogP contribution in [0.1, 0.15) is 10.4 Å². The number of halogens is 3. The Hall–Kier alpha value is -0.780. The first-order valence-electron chi connectivity index (χ1n) is 5.53. The highest BCUT2D eigenvalue weighted by Gasteiger charge is 2.02. The number of benzene rings is 1. The van der Waals surface area contributed by atoms with Crippen LogP contribution in [-0.4, -0.2) is 6.54 Å². The molecule has 0 bridgehead atoms. The average molecular weight is 332 g/mol. The average Bonchev–Trinajstić information content (AvgIpc) is 2.69. The van der Waals surface area contributed by atoms with E-state index >= 15 is 0 Å². The van der Waals surface area contributed by atoms with Crippen molar-refractivity contribution in [1.29, 1.82) is 0 Å². The largest absolute Gasteiger partial charge is 0.311 e. The zero-order valence-electron chi connectivity index (χ0n) is 9.55. The molecule has 0 amide bonds. The Balaban J connectivity index is 1.80. The third-order valence-electron chi connectivity index (χ3n) is 2.49. The SMILES string of the molecule is Fc1cc(F)cc(CCNCc2sccc2Br)c1. The van der Waals surface area contributed by atoms with Crippen LogP contribution in [0.25, 0.3) is 0 Å². The molecule has 1 aromatic heterocycles. The van der Waals surface area contributed by atoms with Crippen molar-refractivity contribution >= 4 is 27.3 Å². The van der Waals surface area contributed by atoms with Gasteiger partial charge in [-0.1, -0.05) is 0 Å². The lowest BCUT2D eigenvalue weighted by atomic mass is 10.1. The molecule has 0 radical (unpaired) electrons. The van der Waals surface area contributed by atoms with Gasteiger partial charge in [0.05, 0.1) is 0 Å². The highest BCUT2D eigenvalue weighted by molar-refractivity contribution is 9.10. The van der Waals surface area contributed by atoms with Crippen LogP contribution in [0.5, 0.6) is 0 Å².